The standard InChI is InChI=1S/C15H27N3/c1-12(14-7-4-3-5-8-14)16-10-6-9-15-11-17-18-13(15)2/h11-12,14,16H,3-10H2,1-2H3,(H,17,18). The lowest BCUT2D eigenvalue weighted by Gasteiger charge is -2.28. The highest BCUT2D eigenvalue weighted by Gasteiger charge is 2.19. The fraction of sp³-hybridized carbons (Fsp3) is 0.800. The van der Waals surface area contributed by atoms with Gasteiger partial charge in [0.2, 0.25) is 0 Å². The van der Waals surface area contributed by atoms with E-state index in [0.29, 0.717) is 6.04 Å². The first-order valence-corrected chi connectivity index (χ1v) is 7.49. The lowest BCUT2D eigenvalue weighted by molar-refractivity contribution is 0.281. The van der Waals surface area contributed by atoms with Gasteiger partial charge in [-0.2, -0.15) is 5.10 Å². The van der Waals surface area contributed by atoms with Crippen molar-refractivity contribution in [2.45, 2.75) is 64.8 Å². The van der Waals surface area contributed by atoms with Crippen LogP contribution in [0.2, 0.25) is 0 Å². The summed E-state index contributed by atoms with van der Waals surface area (Å²) >= 11 is 0. The van der Waals surface area contributed by atoms with E-state index >= 15 is 0 Å². The second-order valence-corrected chi connectivity index (χ2v) is 5.76. The Balaban J connectivity index is 1.61. The van der Waals surface area contributed by atoms with Gasteiger partial charge in [0, 0.05) is 11.7 Å². The SMILES string of the molecule is Cc1[nH]ncc1CCCNC(C)C1CCCCC1. The van der Waals surface area contributed by atoms with E-state index in [-0.39, 0.29) is 0 Å². The van der Waals surface area contributed by atoms with Gasteiger partial charge in [-0.1, -0.05) is 19.3 Å². The highest BCUT2D eigenvalue weighted by Crippen LogP contribution is 2.26. The molecule has 0 spiro atoms. The maximum absolute atomic E-state index is 4.06. The van der Waals surface area contributed by atoms with Gasteiger partial charge < -0.3 is 5.32 Å². The Bertz CT molecular complexity index is 339. The molecule has 0 saturated heterocycles. The first-order chi connectivity index (χ1) is 8.77. The molecule has 0 aliphatic heterocycles. The monoisotopic (exact) mass is 249 g/mol. The molecule has 0 amide bonds. The van der Waals surface area contributed by atoms with Crippen LogP contribution in [-0.4, -0.2) is 22.8 Å². The van der Waals surface area contributed by atoms with Gasteiger partial charge in [-0.05, 0) is 57.6 Å². The van der Waals surface area contributed by atoms with E-state index in [9.17, 15) is 0 Å². The highest BCUT2D eigenvalue weighted by atomic mass is 15.1. The van der Waals surface area contributed by atoms with E-state index in [2.05, 4.69) is 29.4 Å². The molecule has 1 unspecified atom stereocenters. The molecule has 1 saturated carbocycles. The minimum Gasteiger partial charge on any atom is -0.314 e. The minimum absolute atomic E-state index is 0.691. The van der Waals surface area contributed by atoms with E-state index in [1.165, 1.54) is 49.8 Å². The van der Waals surface area contributed by atoms with Crippen LogP contribution in [0.3, 0.4) is 0 Å². The average molecular weight is 249 g/mol. The summed E-state index contributed by atoms with van der Waals surface area (Å²) < 4.78 is 0. The summed E-state index contributed by atoms with van der Waals surface area (Å²) in [5.74, 6) is 0.911. The lowest BCUT2D eigenvalue weighted by atomic mass is 9.84. The highest BCUT2D eigenvalue weighted by molar-refractivity contribution is 5.14. The summed E-state index contributed by atoms with van der Waals surface area (Å²) in [7, 11) is 0. The zero-order valence-electron chi connectivity index (χ0n) is 11.8. The Morgan fingerprint density at radius 1 is 1.39 bits per heavy atom. The molecule has 1 aromatic rings. The van der Waals surface area contributed by atoms with Gasteiger partial charge in [-0.15, -0.1) is 0 Å². The summed E-state index contributed by atoms with van der Waals surface area (Å²) in [5.41, 5.74) is 2.58. The lowest BCUT2D eigenvalue weighted by Crippen LogP contribution is -2.35. The predicted octanol–water partition coefficient (Wildman–Crippen LogP) is 3.21. The molecule has 2 rings (SSSR count). The summed E-state index contributed by atoms with van der Waals surface area (Å²) in [4.78, 5) is 0. The molecule has 1 fully saturated rings. The second-order valence-electron chi connectivity index (χ2n) is 5.76. The Labute approximate surface area is 111 Å². The van der Waals surface area contributed by atoms with Crippen LogP contribution >= 0.6 is 0 Å². The average Bonchev–Trinajstić information content (AvgIpc) is 2.81. The Hall–Kier alpha value is -0.830. The smallest absolute Gasteiger partial charge is 0.0522 e. The molecule has 102 valence electrons. The molecule has 18 heavy (non-hydrogen) atoms. The van der Waals surface area contributed by atoms with Crippen LogP contribution in [0.25, 0.3) is 0 Å². The molecule has 3 nitrogen and oxygen atoms in total. The fourth-order valence-electron chi connectivity index (χ4n) is 3.04. The van der Waals surface area contributed by atoms with Crippen molar-refractivity contribution < 1.29 is 0 Å². The molecule has 1 heterocycles. The van der Waals surface area contributed by atoms with Crippen molar-refractivity contribution in [2.24, 2.45) is 5.92 Å². The van der Waals surface area contributed by atoms with Crippen LogP contribution in [0.4, 0.5) is 0 Å². The fourth-order valence-corrected chi connectivity index (χ4v) is 3.04. The van der Waals surface area contributed by atoms with E-state index in [0.717, 1.165) is 18.9 Å². The van der Waals surface area contributed by atoms with Gasteiger partial charge in [0.1, 0.15) is 0 Å². The molecular formula is C15H27N3. The van der Waals surface area contributed by atoms with Crippen molar-refractivity contribution in [3.8, 4) is 0 Å². The van der Waals surface area contributed by atoms with Gasteiger partial charge in [0.15, 0.2) is 0 Å². The molecule has 1 aromatic heterocycles. The van der Waals surface area contributed by atoms with Gasteiger partial charge >= 0.3 is 0 Å². The number of rotatable bonds is 6. The van der Waals surface area contributed by atoms with Crippen LogP contribution in [0.15, 0.2) is 6.20 Å². The maximum atomic E-state index is 4.06. The zero-order chi connectivity index (χ0) is 12.8. The predicted molar refractivity (Wildman–Crippen MR) is 75.7 cm³/mol. The van der Waals surface area contributed by atoms with Gasteiger partial charge in [-0.3, -0.25) is 5.10 Å². The number of hydrogen-bond donors (Lipinski definition) is 2. The van der Waals surface area contributed by atoms with Gasteiger partial charge in [-0.25, -0.2) is 0 Å². The number of aryl methyl sites for hydroxylation is 2. The van der Waals surface area contributed by atoms with Crippen molar-refractivity contribution in [1.29, 1.82) is 0 Å². The molecule has 3 heteroatoms. The molecule has 1 aliphatic rings. The zero-order valence-corrected chi connectivity index (χ0v) is 11.8. The summed E-state index contributed by atoms with van der Waals surface area (Å²) in [6, 6.07) is 0.691. The Kier molecular flexibility index (Phi) is 5.24. The number of aromatic amines is 1. The number of hydrogen-bond acceptors (Lipinski definition) is 2. The summed E-state index contributed by atoms with van der Waals surface area (Å²) in [6.07, 6.45) is 11.5. The Morgan fingerprint density at radius 3 is 2.83 bits per heavy atom. The van der Waals surface area contributed by atoms with Crippen molar-refractivity contribution in [3.05, 3.63) is 17.5 Å². The van der Waals surface area contributed by atoms with Gasteiger partial charge in [0.25, 0.3) is 0 Å². The summed E-state index contributed by atoms with van der Waals surface area (Å²) in [5, 5.41) is 10.8. The van der Waals surface area contributed by atoms with Crippen LogP contribution < -0.4 is 5.32 Å². The first-order valence-electron chi connectivity index (χ1n) is 7.49. The van der Waals surface area contributed by atoms with E-state index in [4.69, 9.17) is 0 Å². The molecule has 0 radical (unpaired) electrons. The number of H-pyrrole nitrogens is 1. The maximum Gasteiger partial charge on any atom is 0.0522 e. The molecular weight excluding hydrogens is 222 g/mol. The van der Waals surface area contributed by atoms with Crippen LogP contribution in [-0.2, 0) is 6.42 Å². The van der Waals surface area contributed by atoms with E-state index < -0.39 is 0 Å². The van der Waals surface area contributed by atoms with Crippen molar-refractivity contribution in [1.82, 2.24) is 15.5 Å². The molecule has 1 atom stereocenters. The largest absolute Gasteiger partial charge is 0.314 e. The molecule has 1 aliphatic carbocycles. The first kappa shape index (κ1) is 13.6. The van der Waals surface area contributed by atoms with Crippen LogP contribution in [0, 0.1) is 12.8 Å². The minimum atomic E-state index is 0.691. The Morgan fingerprint density at radius 2 is 2.17 bits per heavy atom. The topological polar surface area (TPSA) is 40.7 Å². The third kappa shape index (κ3) is 3.84. The van der Waals surface area contributed by atoms with Crippen molar-refractivity contribution in [2.75, 3.05) is 6.54 Å². The third-order valence-electron chi connectivity index (χ3n) is 4.38. The number of nitrogens with one attached hydrogen (secondary N) is 2. The van der Waals surface area contributed by atoms with Crippen molar-refractivity contribution >= 4 is 0 Å². The van der Waals surface area contributed by atoms with E-state index in [1.807, 2.05) is 6.20 Å². The van der Waals surface area contributed by atoms with Crippen LogP contribution in [0.1, 0.15) is 56.7 Å². The number of aromatic nitrogens is 2. The number of nitrogens with zero attached hydrogens (tertiary/aromatic N) is 1. The quantitative estimate of drug-likeness (QED) is 0.760. The van der Waals surface area contributed by atoms with E-state index in [1.54, 1.807) is 0 Å². The van der Waals surface area contributed by atoms with Crippen LogP contribution in [0.5, 0.6) is 0 Å². The molecule has 0 bridgehead atoms. The summed E-state index contributed by atoms with van der Waals surface area (Å²) in [6.45, 7) is 5.59. The van der Waals surface area contributed by atoms with Gasteiger partial charge in [0.05, 0.1) is 6.20 Å². The second kappa shape index (κ2) is 6.93. The molecule has 2 N–H and O–H groups in total. The normalized spacial score (nSPS) is 19.0. The third-order valence-corrected chi connectivity index (χ3v) is 4.38. The molecule has 0 aromatic carbocycles. The van der Waals surface area contributed by atoms with Crippen molar-refractivity contribution in [3.63, 3.8) is 0 Å².